The number of alkyl carbamates (subject to hydrolysis) is 1. The lowest BCUT2D eigenvalue weighted by Gasteiger charge is -2.36. The van der Waals surface area contributed by atoms with Crippen molar-refractivity contribution in [2.45, 2.75) is 44.2 Å². The molecular formula is C24H30N2O3. The third kappa shape index (κ3) is 4.46. The first-order chi connectivity index (χ1) is 13.9. The minimum absolute atomic E-state index is 0.0634. The van der Waals surface area contributed by atoms with Crippen LogP contribution in [0.3, 0.4) is 0 Å². The predicted octanol–water partition coefficient (Wildman–Crippen LogP) is 3.76. The lowest BCUT2D eigenvalue weighted by molar-refractivity contribution is 0.0558. The van der Waals surface area contributed by atoms with Crippen LogP contribution in [-0.2, 0) is 4.74 Å². The van der Waals surface area contributed by atoms with Gasteiger partial charge in [0.05, 0.1) is 11.6 Å². The normalized spacial score (nSPS) is 19.5. The van der Waals surface area contributed by atoms with Crippen molar-refractivity contribution in [3.05, 3.63) is 59.7 Å². The van der Waals surface area contributed by atoms with E-state index in [1.54, 1.807) is 0 Å². The van der Waals surface area contributed by atoms with Crippen molar-refractivity contribution in [3.63, 3.8) is 0 Å². The number of nitrogens with zero attached hydrogens (tertiary/aromatic N) is 1. The van der Waals surface area contributed by atoms with Crippen LogP contribution >= 0.6 is 0 Å². The Bertz CT molecular complexity index is 834. The Morgan fingerprint density at radius 3 is 2.38 bits per heavy atom. The van der Waals surface area contributed by atoms with Crippen LogP contribution < -0.4 is 5.32 Å². The van der Waals surface area contributed by atoms with E-state index in [0.717, 1.165) is 19.4 Å². The molecule has 5 heteroatoms. The maximum atomic E-state index is 12.5. The molecule has 1 aliphatic heterocycles. The van der Waals surface area contributed by atoms with Crippen LogP contribution in [-0.4, -0.2) is 54.0 Å². The van der Waals surface area contributed by atoms with Crippen molar-refractivity contribution in [3.8, 4) is 11.1 Å². The van der Waals surface area contributed by atoms with Crippen LogP contribution in [0.15, 0.2) is 48.5 Å². The molecule has 154 valence electrons. The molecule has 1 atom stereocenters. The molecule has 0 aromatic heterocycles. The van der Waals surface area contributed by atoms with E-state index in [1.165, 1.54) is 22.3 Å². The van der Waals surface area contributed by atoms with Gasteiger partial charge in [-0.2, -0.15) is 0 Å². The van der Waals surface area contributed by atoms with Crippen molar-refractivity contribution in [1.82, 2.24) is 10.2 Å². The van der Waals surface area contributed by atoms with Gasteiger partial charge >= 0.3 is 6.09 Å². The van der Waals surface area contributed by atoms with Crippen LogP contribution in [0, 0.1) is 0 Å². The van der Waals surface area contributed by atoms with Gasteiger partial charge in [-0.25, -0.2) is 4.79 Å². The molecule has 1 saturated heterocycles. The number of piperidine rings is 1. The molecule has 2 N–H and O–H groups in total. The van der Waals surface area contributed by atoms with Crippen molar-refractivity contribution < 1.29 is 14.6 Å². The summed E-state index contributed by atoms with van der Waals surface area (Å²) >= 11 is 0. The van der Waals surface area contributed by atoms with Gasteiger partial charge in [0.1, 0.15) is 6.61 Å². The third-order valence-electron chi connectivity index (χ3n) is 5.88. The highest BCUT2D eigenvalue weighted by molar-refractivity contribution is 5.79. The molecule has 0 radical (unpaired) electrons. The van der Waals surface area contributed by atoms with E-state index in [2.05, 4.69) is 34.5 Å². The van der Waals surface area contributed by atoms with E-state index in [4.69, 9.17) is 4.74 Å². The quantitative estimate of drug-likeness (QED) is 0.811. The summed E-state index contributed by atoms with van der Waals surface area (Å²) in [5.74, 6) is 0.0634. The first-order valence-electron chi connectivity index (χ1n) is 10.5. The summed E-state index contributed by atoms with van der Waals surface area (Å²) in [4.78, 5) is 14.8. The van der Waals surface area contributed by atoms with E-state index >= 15 is 0 Å². The second kappa shape index (κ2) is 8.17. The fraction of sp³-hybridized carbons (Fsp3) is 0.458. The number of fused-ring (bicyclic) bond motifs is 3. The number of rotatable bonds is 5. The van der Waals surface area contributed by atoms with E-state index in [1.807, 2.05) is 38.1 Å². The molecule has 1 fully saturated rings. The van der Waals surface area contributed by atoms with Crippen LogP contribution in [0.1, 0.15) is 43.7 Å². The Kier molecular flexibility index (Phi) is 5.61. The van der Waals surface area contributed by atoms with Gasteiger partial charge in [-0.05, 0) is 55.5 Å². The minimum atomic E-state index is -0.431. The highest BCUT2D eigenvalue weighted by Crippen LogP contribution is 2.44. The van der Waals surface area contributed by atoms with Crippen molar-refractivity contribution in [1.29, 1.82) is 0 Å². The molecule has 0 saturated carbocycles. The lowest BCUT2D eigenvalue weighted by Crippen LogP contribution is -2.54. The van der Waals surface area contributed by atoms with E-state index in [9.17, 15) is 9.90 Å². The Morgan fingerprint density at radius 1 is 1.14 bits per heavy atom. The van der Waals surface area contributed by atoms with E-state index < -0.39 is 11.6 Å². The maximum absolute atomic E-state index is 12.5. The molecule has 5 nitrogen and oxygen atoms in total. The fourth-order valence-electron chi connectivity index (χ4n) is 4.68. The highest BCUT2D eigenvalue weighted by Gasteiger charge is 2.31. The zero-order valence-corrected chi connectivity index (χ0v) is 17.2. The Labute approximate surface area is 172 Å². The first-order valence-corrected chi connectivity index (χ1v) is 10.5. The number of β-amino-alcohol motifs (C(OH)–C–C–N with tert-alkyl or cyclic N) is 1. The number of likely N-dealkylation sites (tertiary alicyclic amines) is 1. The maximum Gasteiger partial charge on any atom is 0.407 e. The topological polar surface area (TPSA) is 61.8 Å². The number of ether oxygens (including phenoxy) is 1. The van der Waals surface area contributed by atoms with Gasteiger partial charge < -0.3 is 15.2 Å². The van der Waals surface area contributed by atoms with Gasteiger partial charge in [0.2, 0.25) is 0 Å². The number of aliphatic hydroxyl groups is 1. The summed E-state index contributed by atoms with van der Waals surface area (Å²) < 4.78 is 5.67. The molecule has 2 aliphatic rings. The smallest absolute Gasteiger partial charge is 0.407 e. The van der Waals surface area contributed by atoms with Crippen molar-refractivity contribution >= 4 is 6.09 Å². The molecule has 0 unspecified atom stereocenters. The lowest BCUT2D eigenvalue weighted by atomic mass is 9.98. The third-order valence-corrected chi connectivity index (χ3v) is 5.88. The number of benzene rings is 2. The molecule has 1 amide bonds. The molecule has 29 heavy (non-hydrogen) atoms. The van der Waals surface area contributed by atoms with Crippen LogP contribution in [0.2, 0.25) is 0 Å². The number of carbonyl (C=O) groups excluding carboxylic acids is 1. The molecule has 0 bridgehead atoms. The molecular weight excluding hydrogens is 364 g/mol. The van der Waals surface area contributed by atoms with Gasteiger partial charge in [-0.1, -0.05) is 48.5 Å². The fourth-order valence-corrected chi connectivity index (χ4v) is 4.68. The number of carbonyl (C=O) groups is 1. The van der Waals surface area contributed by atoms with Gasteiger partial charge in [-0.15, -0.1) is 0 Å². The highest BCUT2D eigenvalue weighted by atomic mass is 16.5. The number of hydrogen-bond acceptors (Lipinski definition) is 4. The number of amides is 1. The zero-order chi connectivity index (χ0) is 20.4. The summed E-state index contributed by atoms with van der Waals surface area (Å²) in [6.07, 6.45) is 1.18. The predicted molar refractivity (Wildman–Crippen MR) is 114 cm³/mol. The number of aliphatic hydroxyl groups excluding tert-OH is 1. The SMILES string of the molecule is CC(C)(CN1CCC[C@@H](O)C1)NC(=O)OCC1c2ccccc2-c2ccccc21. The number of nitrogens with one attached hydrogen (secondary N) is 1. The number of hydrogen-bond donors (Lipinski definition) is 2. The Morgan fingerprint density at radius 2 is 1.76 bits per heavy atom. The van der Waals surface area contributed by atoms with Gasteiger partial charge in [0.25, 0.3) is 0 Å². The summed E-state index contributed by atoms with van der Waals surface area (Å²) in [6.45, 7) is 6.61. The summed E-state index contributed by atoms with van der Waals surface area (Å²) in [7, 11) is 0. The molecule has 0 spiro atoms. The zero-order valence-electron chi connectivity index (χ0n) is 17.2. The van der Waals surface area contributed by atoms with Crippen LogP contribution in [0.25, 0.3) is 11.1 Å². The average Bonchev–Trinajstić information content (AvgIpc) is 2.99. The second-order valence-electron chi connectivity index (χ2n) is 8.87. The van der Waals surface area contributed by atoms with Crippen LogP contribution in [0.4, 0.5) is 4.79 Å². The molecule has 4 rings (SSSR count). The largest absolute Gasteiger partial charge is 0.449 e. The molecule has 2 aromatic carbocycles. The average molecular weight is 395 g/mol. The standard InChI is InChI=1S/C24H30N2O3/c1-24(2,16-26-13-7-8-17(27)14-26)25-23(28)29-15-22-20-11-5-3-9-18(20)19-10-4-6-12-21(19)22/h3-6,9-12,17,22,27H,7-8,13-16H2,1-2H3,(H,25,28)/t17-/m1/s1. The van der Waals surface area contributed by atoms with Gasteiger partial charge in [-0.3, -0.25) is 4.90 Å². The Balaban J connectivity index is 1.37. The van der Waals surface area contributed by atoms with Gasteiger partial charge in [0, 0.05) is 19.0 Å². The monoisotopic (exact) mass is 394 g/mol. The summed E-state index contributed by atoms with van der Waals surface area (Å²) in [5, 5.41) is 12.9. The molecule has 1 aliphatic carbocycles. The minimum Gasteiger partial charge on any atom is -0.449 e. The van der Waals surface area contributed by atoms with Crippen LogP contribution in [0.5, 0.6) is 0 Å². The van der Waals surface area contributed by atoms with Gasteiger partial charge in [0.15, 0.2) is 0 Å². The first kappa shape index (κ1) is 19.9. The van der Waals surface area contributed by atoms with Crippen molar-refractivity contribution in [2.24, 2.45) is 0 Å². The van der Waals surface area contributed by atoms with E-state index in [-0.39, 0.29) is 12.0 Å². The molecule has 2 aromatic rings. The van der Waals surface area contributed by atoms with E-state index in [0.29, 0.717) is 19.7 Å². The summed E-state index contributed by atoms with van der Waals surface area (Å²) in [5.41, 5.74) is 4.44. The Hall–Kier alpha value is -2.37. The second-order valence-corrected chi connectivity index (χ2v) is 8.87. The summed E-state index contributed by atoms with van der Waals surface area (Å²) in [6, 6.07) is 16.7. The molecule has 1 heterocycles. The van der Waals surface area contributed by atoms with Crippen molar-refractivity contribution in [2.75, 3.05) is 26.2 Å².